The average Bonchev–Trinajstić information content (AvgIpc) is 3.13. The van der Waals surface area contributed by atoms with E-state index in [9.17, 15) is 14.0 Å². The normalized spacial score (nSPS) is 15.9. The molecule has 0 aliphatic carbocycles. The molecular weight excluding hydrogens is 397 g/mol. The lowest BCUT2D eigenvalue weighted by molar-refractivity contribution is 0.0478. The van der Waals surface area contributed by atoms with E-state index in [4.69, 9.17) is 4.74 Å². The van der Waals surface area contributed by atoms with Crippen molar-refractivity contribution < 1.29 is 9.13 Å². The summed E-state index contributed by atoms with van der Waals surface area (Å²) in [4.78, 5) is 26.1. The number of aryl methyl sites for hydroxylation is 2. The Balaban J connectivity index is 1.93. The Kier molecular flexibility index (Phi) is 4.44. The highest BCUT2D eigenvalue weighted by Crippen LogP contribution is 2.40. The zero-order valence-corrected chi connectivity index (χ0v) is 17.6. The molecule has 1 atom stereocenters. The lowest BCUT2D eigenvalue weighted by Gasteiger charge is -2.27. The van der Waals surface area contributed by atoms with Crippen molar-refractivity contribution >= 4 is 10.9 Å². The predicted octanol–water partition coefficient (Wildman–Crippen LogP) is 3.27. The summed E-state index contributed by atoms with van der Waals surface area (Å²) in [5.41, 5.74) is 4.11. The molecule has 158 valence electrons. The monoisotopic (exact) mass is 419 g/mol. The summed E-state index contributed by atoms with van der Waals surface area (Å²) in [6.45, 7) is 2.99. The predicted molar refractivity (Wildman–Crippen MR) is 117 cm³/mol. The molecule has 0 radical (unpaired) electrons. The van der Waals surface area contributed by atoms with Crippen molar-refractivity contribution in [2.45, 2.75) is 19.6 Å². The molecule has 6 nitrogen and oxygen atoms in total. The summed E-state index contributed by atoms with van der Waals surface area (Å²) in [6, 6.07) is 14.1. The van der Waals surface area contributed by atoms with Gasteiger partial charge in [-0.25, -0.2) is 9.18 Å². The summed E-state index contributed by atoms with van der Waals surface area (Å²) in [5, 5.41) is 0.487. The zero-order chi connectivity index (χ0) is 21.9. The van der Waals surface area contributed by atoms with E-state index in [1.54, 1.807) is 19.2 Å². The molecule has 7 heteroatoms. The van der Waals surface area contributed by atoms with Crippen molar-refractivity contribution in [1.29, 1.82) is 0 Å². The molecule has 31 heavy (non-hydrogen) atoms. The van der Waals surface area contributed by atoms with Gasteiger partial charge in [0.15, 0.2) is 0 Å². The minimum atomic E-state index is -0.520. The van der Waals surface area contributed by atoms with Crippen LogP contribution in [0.4, 0.5) is 4.39 Å². The maximum atomic E-state index is 13.5. The smallest absolute Gasteiger partial charge is 0.331 e. The molecular formula is C24H22FN3O3. The Morgan fingerprint density at radius 1 is 0.968 bits per heavy atom. The van der Waals surface area contributed by atoms with Crippen LogP contribution in [-0.2, 0) is 25.4 Å². The molecule has 0 bridgehead atoms. The van der Waals surface area contributed by atoms with Crippen LogP contribution in [0.15, 0.2) is 58.1 Å². The Morgan fingerprint density at radius 2 is 1.65 bits per heavy atom. The first kappa shape index (κ1) is 19.5. The van der Waals surface area contributed by atoms with Gasteiger partial charge in [-0.2, -0.15) is 0 Å². The van der Waals surface area contributed by atoms with Gasteiger partial charge in [-0.1, -0.05) is 42.0 Å². The molecule has 5 rings (SSSR count). The van der Waals surface area contributed by atoms with E-state index in [-0.39, 0.29) is 11.4 Å². The number of ether oxygens (including phenoxy) is 1. The minimum Gasteiger partial charge on any atom is -0.365 e. The largest absolute Gasteiger partial charge is 0.365 e. The fourth-order valence-corrected chi connectivity index (χ4v) is 4.48. The summed E-state index contributed by atoms with van der Waals surface area (Å²) in [7, 11) is 3.16. The fourth-order valence-electron chi connectivity index (χ4n) is 4.48. The maximum absolute atomic E-state index is 13.5. The standard InChI is InChI=1S/C24H22FN3O3/c1-14-4-6-15(7-5-14)19-18-20(26(2)24(30)27(3)23(18)29)21-22(31-13-12-28(19)21)16-8-10-17(25)11-9-16/h4-11,22H,12-13H2,1-3H3. The van der Waals surface area contributed by atoms with Crippen LogP contribution in [0.3, 0.4) is 0 Å². The third-order valence-corrected chi connectivity index (χ3v) is 6.05. The topological polar surface area (TPSA) is 58.2 Å². The van der Waals surface area contributed by atoms with Gasteiger partial charge in [-0.15, -0.1) is 0 Å². The molecule has 3 heterocycles. The maximum Gasteiger partial charge on any atom is 0.331 e. The number of fused-ring (bicyclic) bond motifs is 3. The highest BCUT2D eigenvalue weighted by Gasteiger charge is 2.33. The number of halogens is 1. The first-order valence-electron chi connectivity index (χ1n) is 10.1. The van der Waals surface area contributed by atoms with Crippen molar-refractivity contribution in [3.8, 4) is 11.3 Å². The molecule has 1 aliphatic rings. The van der Waals surface area contributed by atoms with Gasteiger partial charge in [0.25, 0.3) is 5.56 Å². The van der Waals surface area contributed by atoms with Crippen LogP contribution < -0.4 is 11.2 Å². The Hall–Kier alpha value is -3.45. The van der Waals surface area contributed by atoms with Crippen LogP contribution in [-0.4, -0.2) is 20.3 Å². The van der Waals surface area contributed by atoms with Gasteiger partial charge in [-0.05, 0) is 30.2 Å². The Labute approximate surface area is 177 Å². The first-order chi connectivity index (χ1) is 14.9. The van der Waals surface area contributed by atoms with Gasteiger partial charge in [0.2, 0.25) is 0 Å². The summed E-state index contributed by atoms with van der Waals surface area (Å²) < 4.78 is 24.4. The van der Waals surface area contributed by atoms with Crippen LogP contribution in [0.5, 0.6) is 0 Å². The van der Waals surface area contributed by atoms with E-state index in [1.165, 1.54) is 23.7 Å². The number of nitrogens with zero attached hydrogens (tertiary/aromatic N) is 3. The SMILES string of the molecule is Cc1ccc(-c2c3c(=O)n(C)c(=O)n(C)c3c3n2CCOC3c2ccc(F)cc2)cc1. The molecule has 2 aromatic heterocycles. The van der Waals surface area contributed by atoms with Crippen molar-refractivity contribution in [1.82, 2.24) is 13.7 Å². The molecule has 0 N–H and O–H groups in total. The van der Waals surface area contributed by atoms with E-state index in [0.29, 0.717) is 24.1 Å². The molecule has 2 aromatic carbocycles. The van der Waals surface area contributed by atoms with Gasteiger partial charge < -0.3 is 9.30 Å². The number of hydrogen-bond donors (Lipinski definition) is 0. The summed E-state index contributed by atoms with van der Waals surface area (Å²) in [6.07, 6.45) is -0.520. The Bertz CT molecular complexity index is 1430. The van der Waals surface area contributed by atoms with Crippen LogP contribution in [0.25, 0.3) is 22.2 Å². The molecule has 1 aliphatic heterocycles. The van der Waals surface area contributed by atoms with Gasteiger partial charge in [-0.3, -0.25) is 13.9 Å². The van der Waals surface area contributed by atoms with Gasteiger partial charge in [0.05, 0.1) is 28.9 Å². The van der Waals surface area contributed by atoms with Crippen LogP contribution in [0, 0.1) is 12.7 Å². The molecule has 0 amide bonds. The Morgan fingerprint density at radius 3 is 2.32 bits per heavy atom. The molecule has 1 unspecified atom stereocenters. The van der Waals surface area contributed by atoms with E-state index in [2.05, 4.69) is 4.57 Å². The van der Waals surface area contributed by atoms with Gasteiger partial charge >= 0.3 is 5.69 Å². The molecule has 0 spiro atoms. The fraction of sp³-hybridized carbons (Fsp3) is 0.250. The van der Waals surface area contributed by atoms with Gasteiger partial charge in [0.1, 0.15) is 11.9 Å². The quantitative estimate of drug-likeness (QED) is 0.501. The molecule has 0 saturated heterocycles. The van der Waals surface area contributed by atoms with E-state index >= 15 is 0 Å². The van der Waals surface area contributed by atoms with Gasteiger partial charge in [0, 0.05) is 20.6 Å². The number of benzene rings is 2. The van der Waals surface area contributed by atoms with Crippen molar-refractivity contribution in [2.24, 2.45) is 14.1 Å². The van der Waals surface area contributed by atoms with Crippen molar-refractivity contribution in [2.75, 3.05) is 6.61 Å². The number of rotatable bonds is 2. The average molecular weight is 419 g/mol. The molecule has 0 fully saturated rings. The minimum absolute atomic E-state index is 0.332. The second-order valence-corrected chi connectivity index (χ2v) is 7.98. The summed E-state index contributed by atoms with van der Waals surface area (Å²) in [5.74, 6) is -0.332. The number of aromatic nitrogens is 3. The van der Waals surface area contributed by atoms with E-state index in [1.807, 2.05) is 31.2 Å². The lowest BCUT2D eigenvalue weighted by atomic mass is 10.0. The molecule has 0 saturated carbocycles. The number of hydrogen-bond acceptors (Lipinski definition) is 3. The second-order valence-electron chi connectivity index (χ2n) is 7.98. The highest BCUT2D eigenvalue weighted by atomic mass is 19.1. The third kappa shape index (κ3) is 2.88. The van der Waals surface area contributed by atoms with E-state index < -0.39 is 11.8 Å². The third-order valence-electron chi connectivity index (χ3n) is 6.05. The first-order valence-corrected chi connectivity index (χ1v) is 10.1. The highest BCUT2D eigenvalue weighted by molar-refractivity contribution is 5.96. The molecule has 4 aromatic rings. The zero-order valence-electron chi connectivity index (χ0n) is 17.6. The van der Waals surface area contributed by atoms with Crippen molar-refractivity contribution in [3.05, 3.63) is 92.0 Å². The lowest BCUT2D eigenvalue weighted by Crippen LogP contribution is -2.37. The summed E-state index contributed by atoms with van der Waals surface area (Å²) >= 11 is 0. The van der Waals surface area contributed by atoms with Crippen molar-refractivity contribution in [3.63, 3.8) is 0 Å². The van der Waals surface area contributed by atoms with E-state index in [0.717, 1.165) is 32.6 Å². The van der Waals surface area contributed by atoms with Crippen LogP contribution in [0.1, 0.15) is 22.9 Å². The van der Waals surface area contributed by atoms with Crippen LogP contribution >= 0.6 is 0 Å². The van der Waals surface area contributed by atoms with Crippen LogP contribution in [0.2, 0.25) is 0 Å². The second kappa shape index (κ2) is 7.06.